The maximum atomic E-state index is 9.61. The quantitative estimate of drug-likeness (QED) is 0.437. The molecule has 0 radical (unpaired) electrons. The highest BCUT2D eigenvalue weighted by Crippen LogP contribution is 2.31. The molecule has 5 nitrogen and oxygen atoms in total. The first kappa shape index (κ1) is 20.8. The maximum Gasteiger partial charge on any atom is 0.191 e. The number of nitriles is 1. The second kappa shape index (κ2) is 8.62. The highest BCUT2D eigenvalue weighted by atomic mass is 32.2. The van der Waals surface area contributed by atoms with E-state index in [9.17, 15) is 5.26 Å². The van der Waals surface area contributed by atoms with Crippen molar-refractivity contribution in [1.29, 1.82) is 5.26 Å². The van der Waals surface area contributed by atoms with Gasteiger partial charge in [0, 0.05) is 19.0 Å². The minimum Gasteiger partial charge on any atom is -0.305 e. The molecule has 3 rings (SSSR count). The minimum atomic E-state index is 0.444. The number of benzene rings is 1. The molecule has 0 saturated carbocycles. The van der Waals surface area contributed by atoms with Crippen molar-refractivity contribution in [1.82, 2.24) is 19.7 Å². The first-order valence-corrected chi connectivity index (χ1v) is 10.4. The second-order valence-electron chi connectivity index (χ2n) is 7.18. The highest BCUT2D eigenvalue weighted by molar-refractivity contribution is 7.98. The van der Waals surface area contributed by atoms with Crippen molar-refractivity contribution in [3.8, 4) is 6.07 Å². The molecule has 0 amide bonds. The monoisotopic (exact) mass is 403 g/mol. The first-order chi connectivity index (χ1) is 13.8. The summed E-state index contributed by atoms with van der Waals surface area (Å²) < 4.78 is 1.88. The van der Waals surface area contributed by atoms with Crippen molar-refractivity contribution < 1.29 is 0 Å². The number of rotatable bonds is 5. The molecule has 0 unspecified atom stereocenters. The Labute approximate surface area is 176 Å². The number of pyridine rings is 1. The van der Waals surface area contributed by atoms with Crippen molar-refractivity contribution in [2.75, 3.05) is 0 Å². The van der Waals surface area contributed by atoms with E-state index in [0.717, 1.165) is 16.6 Å². The molecular formula is C23H25N5S. The number of hydrogen-bond acceptors (Lipinski definition) is 5. The van der Waals surface area contributed by atoms with Crippen LogP contribution in [0.5, 0.6) is 0 Å². The second-order valence-corrected chi connectivity index (χ2v) is 8.12. The van der Waals surface area contributed by atoms with E-state index in [1.807, 2.05) is 29.8 Å². The van der Waals surface area contributed by atoms with Gasteiger partial charge in [-0.2, -0.15) is 5.26 Å². The zero-order valence-electron chi connectivity index (χ0n) is 17.7. The Bertz CT molecular complexity index is 1090. The van der Waals surface area contributed by atoms with Crippen molar-refractivity contribution in [3.05, 3.63) is 69.3 Å². The lowest BCUT2D eigenvalue weighted by molar-refractivity contribution is 0.780. The van der Waals surface area contributed by atoms with E-state index in [4.69, 9.17) is 0 Å². The van der Waals surface area contributed by atoms with Gasteiger partial charge in [-0.15, -0.1) is 10.2 Å². The zero-order valence-corrected chi connectivity index (χ0v) is 18.6. The van der Waals surface area contributed by atoms with E-state index in [2.05, 4.69) is 55.9 Å². The molecule has 0 aliphatic carbocycles. The van der Waals surface area contributed by atoms with Gasteiger partial charge >= 0.3 is 0 Å². The molecule has 0 atom stereocenters. The minimum absolute atomic E-state index is 0.444. The Kier molecular flexibility index (Phi) is 6.19. The third kappa shape index (κ3) is 4.10. The van der Waals surface area contributed by atoms with Crippen molar-refractivity contribution >= 4 is 23.4 Å². The fourth-order valence-electron chi connectivity index (χ4n) is 3.36. The van der Waals surface area contributed by atoms with Crippen LogP contribution in [-0.4, -0.2) is 19.7 Å². The Morgan fingerprint density at radius 1 is 1.03 bits per heavy atom. The molecule has 2 aromatic heterocycles. The van der Waals surface area contributed by atoms with Gasteiger partial charge < -0.3 is 4.57 Å². The fourth-order valence-corrected chi connectivity index (χ4v) is 4.45. The Morgan fingerprint density at radius 3 is 2.28 bits per heavy atom. The molecule has 148 valence electrons. The predicted octanol–water partition coefficient (Wildman–Crippen LogP) is 5.11. The van der Waals surface area contributed by atoms with Crippen LogP contribution in [0.4, 0.5) is 0 Å². The summed E-state index contributed by atoms with van der Waals surface area (Å²) in [6, 6.07) is 7.82. The number of aromatic nitrogens is 4. The van der Waals surface area contributed by atoms with Crippen LogP contribution in [0.1, 0.15) is 44.9 Å². The molecule has 0 fully saturated rings. The van der Waals surface area contributed by atoms with Gasteiger partial charge in [0.2, 0.25) is 0 Å². The average Bonchev–Trinajstić information content (AvgIpc) is 3.10. The maximum absolute atomic E-state index is 9.61. The molecule has 1 aromatic carbocycles. The first-order valence-electron chi connectivity index (χ1n) is 9.46. The predicted molar refractivity (Wildman–Crippen MR) is 118 cm³/mol. The number of thioether (sulfide) groups is 1. The van der Waals surface area contributed by atoms with E-state index in [-0.39, 0.29) is 0 Å². The summed E-state index contributed by atoms with van der Waals surface area (Å²) in [7, 11) is 1.90. The molecule has 6 heteroatoms. The summed E-state index contributed by atoms with van der Waals surface area (Å²) in [6.45, 7) is 10.9. The molecule has 3 aromatic rings. The normalized spacial score (nSPS) is 11.6. The van der Waals surface area contributed by atoms with Crippen LogP contribution < -0.4 is 0 Å². The molecule has 0 saturated heterocycles. The van der Waals surface area contributed by atoms with Crippen molar-refractivity contribution in [3.63, 3.8) is 0 Å². The molecule has 29 heavy (non-hydrogen) atoms. The third-order valence-electron chi connectivity index (χ3n) is 5.68. The standard InChI is InChI=1S/C23H25N5S/c1-14-15(2)17(4)21(18(5)16(14)3)13-29-23-27-26-22(28(23)6)19(12-24)11-20-9-7-8-10-25-20/h7-11H,13H2,1-6H3/b19-11+. The van der Waals surface area contributed by atoms with Gasteiger partial charge in [0.25, 0.3) is 0 Å². The Hall–Kier alpha value is -2.91. The lowest BCUT2D eigenvalue weighted by Gasteiger charge is -2.18. The van der Waals surface area contributed by atoms with Gasteiger partial charge in [-0.25, -0.2) is 0 Å². The zero-order chi connectivity index (χ0) is 21.1. The van der Waals surface area contributed by atoms with E-state index in [1.165, 1.54) is 33.4 Å². The number of hydrogen-bond donors (Lipinski definition) is 0. The molecule has 0 spiro atoms. The van der Waals surface area contributed by atoms with Crippen LogP contribution >= 0.6 is 11.8 Å². The molecule has 0 aliphatic heterocycles. The fraction of sp³-hybridized carbons (Fsp3) is 0.304. The van der Waals surface area contributed by atoms with Crippen LogP contribution in [0.25, 0.3) is 11.6 Å². The third-order valence-corrected chi connectivity index (χ3v) is 6.72. The summed E-state index contributed by atoms with van der Waals surface area (Å²) >= 11 is 1.64. The van der Waals surface area contributed by atoms with Crippen LogP contribution in [0.3, 0.4) is 0 Å². The largest absolute Gasteiger partial charge is 0.305 e. The summed E-state index contributed by atoms with van der Waals surface area (Å²) in [6.07, 6.45) is 3.44. The number of allylic oxidation sites excluding steroid dienone is 1. The van der Waals surface area contributed by atoms with Gasteiger partial charge in [-0.3, -0.25) is 4.98 Å². The number of nitrogens with zero attached hydrogens (tertiary/aromatic N) is 5. The smallest absolute Gasteiger partial charge is 0.191 e. The highest BCUT2D eigenvalue weighted by Gasteiger charge is 2.16. The molecule has 0 bridgehead atoms. The van der Waals surface area contributed by atoms with E-state index >= 15 is 0 Å². The summed E-state index contributed by atoms with van der Waals surface area (Å²) in [5.74, 6) is 1.36. The van der Waals surface area contributed by atoms with E-state index in [1.54, 1.807) is 24.0 Å². The average molecular weight is 404 g/mol. The van der Waals surface area contributed by atoms with Crippen LogP contribution in [-0.2, 0) is 12.8 Å². The summed E-state index contributed by atoms with van der Waals surface area (Å²) in [4.78, 5) is 4.26. The molecule has 0 aliphatic rings. The van der Waals surface area contributed by atoms with Crippen molar-refractivity contribution in [2.24, 2.45) is 7.05 Å². The Morgan fingerprint density at radius 2 is 1.69 bits per heavy atom. The summed E-state index contributed by atoms with van der Waals surface area (Å²) in [5.41, 5.74) is 9.28. The van der Waals surface area contributed by atoms with Gasteiger partial charge in [-0.05, 0) is 86.2 Å². The van der Waals surface area contributed by atoms with Crippen LogP contribution in [0, 0.1) is 45.9 Å². The lowest BCUT2D eigenvalue weighted by atomic mass is 9.90. The molecule has 0 N–H and O–H groups in total. The van der Waals surface area contributed by atoms with Crippen LogP contribution in [0.15, 0.2) is 29.6 Å². The van der Waals surface area contributed by atoms with Gasteiger partial charge in [0.1, 0.15) is 6.07 Å². The molecule has 2 heterocycles. The molecular weight excluding hydrogens is 378 g/mol. The van der Waals surface area contributed by atoms with Gasteiger partial charge in [0.15, 0.2) is 11.0 Å². The van der Waals surface area contributed by atoms with E-state index < -0.39 is 0 Å². The SMILES string of the molecule is Cc1c(C)c(C)c(CSc2nnc(/C(C#N)=C/c3ccccn3)n2C)c(C)c1C. The van der Waals surface area contributed by atoms with Crippen LogP contribution in [0.2, 0.25) is 0 Å². The van der Waals surface area contributed by atoms with Gasteiger partial charge in [0.05, 0.1) is 11.3 Å². The van der Waals surface area contributed by atoms with Crippen molar-refractivity contribution in [2.45, 2.75) is 45.5 Å². The van der Waals surface area contributed by atoms with E-state index in [0.29, 0.717) is 11.4 Å². The summed E-state index contributed by atoms with van der Waals surface area (Å²) in [5, 5.41) is 19.0. The van der Waals surface area contributed by atoms with Gasteiger partial charge in [-0.1, -0.05) is 17.8 Å². The topological polar surface area (TPSA) is 67.4 Å². The Balaban J connectivity index is 1.88. The lowest BCUT2D eigenvalue weighted by Crippen LogP contribution is -2.03.